The molecule has 0 radical (unpaired) electrons. The maximum atomic E-state index is 10.7. The van der Waals surface area contributed by atoms with Gasteiger partial charge >= 0.3 is 0 Å². The number of hydrogen-bond donors (Lipinski definition) is 1. The fourth-order valence-electron chi connectivity index (χ4n) is 2.83. The van der Waals surface area contributed by atoms with Gasteiger partial charge in [-0.3, -0.25) is 0 Å². The molecule has 1 aromatic carbocycles. The Morgan fingerprint density at radius 2 is 1.88 bits per heavy atom. The first-order valence-corrected chi connectivity index (χ1v) is 5.93. The van der Waals surface area contributed by atoms with E-state index in [1.165, 1.54) is 11.1 Å². The van der Waals surface area contributed by atoms with Gasteiger partial charge in [-0.2, -0.15) is 0 Å². The molecule has 0 saturated heterocycles. The lowest BCUT2D eigenvalue weighted by atomic mass is 9.90. The highest BCUT2D eigenvalue weighted by molar-refractivity contribution is 5.40. The Bertz CT molecular complexity index is 456. The first-order chi connectivity index (χ1) is 7.78. The van der Waals surface area contributed by atoms with Gasteiger partial charge in [0.1, 0.15) is 0 Å². The average Bonchev–Trinajstić information content (AvgIpc) is 2.68. The molecule has 0 saturated carbocycles. The minimum Gasteiger partial charge on any atom is -0.384 e. The summed E-state index contributed by atoms with van der Waals surface area (Å²) in [4.78, 5) is 0. The van der Waals surface area contributed by atoms with E-state index in [1.54, 1.807) is 0 Å². The number of aliphatic hydroxyl groups is 1. The van der Waals surface area contributed by atoms with Gasteiger partial charge in [-0.05, 0) is 24.0 Å². The molecule has 1 unspecified atom stereocenters. The first-order valence-electron chi connectivity index (χ1n) is 5.93. The molecular weight excluding hydrogens is 196 g/mol. The first kappa shape index (κ1) is 9.86. The largest absolute Gasteiger partial charge is 0.384 e. The average molecular weight is 212 g/mol. The van der Waals surface area contributed by atoms with E-state index in [0.29, 0.717) is 0 Å². The lowest BCUT2D eigenvalue weighted by Crippen LogP contribution is -2.22. The highest BCUT2D eigenvalue weighted by atomic mass is 16.3. The van der Waals surface area contributed by atoms with E-state index in [4.69, 9.17) is 0 Å². The second-order valence-electron chi connectivity index (χ2n) is 4.82. The smallest absolute Gasteiger partial charge is 0.0973 e. The van der Waals surface area contributed by atoms with Crippen LogP contribution in [-0.2, 0) is 5.60 Å². The molecule has 1 heteroatoms. The van der Waals surface area contributed by atoms with E-state index < -0.39 is 5.60 Å². The van der Waals surface area contributed by atoms with Crippen LogP contribution in [0.15, 0.2) is 53.6 Å². The van der Waals surface area contributed by atoms with Gasteiger partial charge < -0.3 is 5.11 Å². The van der Waals surface area contributed by atoms with Crippen LogP contribution in [0.1, 0.15) is 31.2 Å². The Kier molecular flexibility index (Phi) is 2.22. The van der Waals surface area contributed by atoms with E-state index in [-0.39, 0.29) is 0 Å². The van der Waals surface area contributed by atoms with Crippen LogP contribution in [0.3, 0.4) is 0 Å². The van der Waals surface area contributed by atoms with Crippen molar-refractivity contribution in [1.82, 2.24) is 0 Å². The van der Waals surface area contributed by atoms with Crippen molar-refractivity contribution < 1.29 is 5.11 Å². The predicted octanol–water partition coefficient (Wildman–Crippen LogP) is 3.31. The summed E-state index contributed by atoms with van der Waals surface area (Å²) in [6, 6.07) is 10.1. The molecule has 1 nitrogen and oxygen atoms in total. The van der Waals surface area contributed by atoms with Gasteiger partial charge in [0.05, 0.1) is 5.60 Å². The van der Waals surface area contributed by atoms with Gasteiger partial charge in [-0.15, -0.1) is 0 Å². The number of benzene rings is 1. The Morgan fingerprint density at radius 3 is 2.62 bits per heavy atom. The zero-order chi connectivity index (χ0) is 11.0. The van der Waals surface area contributed by atoms with Crippen molar-refractivity contribution in [3.05, 3.63) is 59.2 Å². The maximum Gasteiger partial charge on any atom is 0.0973 e. The van der Waals surface area contributed by atoms with Crippen LogP contribution >= 0.6 is 0 Å². The van der Waals surface area contributed by atoms with Crippen LogP contribution in [0, 0.1) is 0 Å². The van der Waals surface area contributed by atoms with E-state index in [0.717, 1.165) is 31.2 Å². The normalized spacial score (nSPS) is 28.3. The molecule has 0 aliphatic heterocycles. The molecule has 82 valence electrons. The van der Waals surface area contributed by atoms with Gasteiger partial charge in [0.25, 0.3) is 0 Å². The minimum absolute atomic E-state index is 0.652. The standard InChI is InChI=1S/C15H16O/c16-15(14-8-2-1-3-9-14)10-12-6-4-5-7-13(12)11-15/h1-4,6,8-9,16H,5,7,10-11H2. The summed E-state index contributed by atoms with van der Waals surface area (Å²) in [6.07, 6.45) is 8.26. The molecule has 1 aromatic rings. The maximum absolute atomic E-state index is 10.7. The molecule has 2 aliphatic rings. The predicted molar refractivity (Wildman–Crippen MR) is 65.0 cm³/mol. The molecule has 16 heavy (non-hydrogen) atoms. The van der Waals surface area contributed by atoms with Crippen LogP contribution in [0.25, 0.3) is 0 Å². The third-order valence-corrected chi connectivity index (χ3v) is 3.69. The van der Waals surface area contributed by atoms with Gasteiger partial charge in [-0.1, -0.05) is 48.1 Å². The SMILES string of the molecule is OC1(c2ccccc2)CC2=C(CCC=C2)C1. The number of allylic oxidation sites excluding steroid dienone is 2. The summed E-state index contributed by atoms with van der Waals surface area (Å²) in [5, 5.41) is 10.7. The van der Waals surface area contributed by atoms with Gasteiger partial charge in [0.2, 0.25) is 0 Å². The van der Waals surface area contributed by atoms with Crippen molar-refractivity contribution in [1.29, 1.82) is 0 Å². The van der Waals surface area contributed by atoms with Crippen LogP contribution in [0.4, 0.5) is 0 Å². The fraction of sp³-hybridized carbons (Fsp3) is 0.333. The lowest BCUT2D eigenvalue weighted by molar-refractivity contribution is 0.0478. The molecule has 1 N–H and O–H groups in total. The molecule has 1 atom stereocenters. The third kappa shape index (κ3) is 1.52. The van der Waals surface area contributed by atoms with Crippen molar-refractivity contribution in [3.63, 3.8) is 0 Å². The quantitative estimate of drug-likeness (QED) is 0.757. The lowest BCUT2D eigenvalue weighted by Gasteiger charge is -2.23. The summed E-state index contributed by atoms with van der Waals surface area (Å²) in [7, 11) is 0. The van der Waals surface area contributed by atoms with E-state index in [9.17, 15) is 5.11 Å². The van der Waals surface area contributed by atoms with Crippen molar-refractivity contribution in [2.75, 3.05) is 0 Å². The van der Waals surface area contributed by atoms with Crippen LogP contribution in [0.2, 0.25) is 0 Å². The summed E-state index contributed by atoms with van der Waals surface area (Å²) < 4.78 is 0. The number of hydrogen-bond acceptors (Lipinski definition) is 1. The fourth-order valence-corrected chi connectivity index (χ4v) is 2.83. The zero-order valence-corrected chi connectivity index (χ0v) is 9.32. The topological polar surface area (TPSA) is 20.2 Å². The van der Waals surface area contributed by atoms with E-state index in [2.05, 4.69) is 12.2 Å². The zero-order valence-electron chi connectivity index (χ0n) is 9.32. The Morgan fingerprint density at radius 1 is 1.06 bits per heavy atom. The van der Waals surface area contributed by atoms with Gasteiger partial charge in [0, 0.05) is 12.8 Å². The van der Waals surface area contributed by atoms with E-state index >= 15 is 0 Å². The summed E-state index contributed by atoms with van der Waals surface area (Å²) in [5.74, 6) is 0. The van der Waals surface area contributed by atoms with Crippen LogP contribution < -0.4 is 0 Å². The second kappa shape index (κ2) is 3.60. The molecule has 0 bridgehead atoms. The summed E-state index contributed by atoms with van der Waals surface area (Å²) in [6.45, 7) is 0. The molecular formula is C15H16O. The van der Waals surface area contributed by atoms with Gasteiger partial charge in [-0.25, -0.2) is 0 Å². The van der Waals surface area contributed by atoms with E-state index in [1.807, 2.05) is 30.3 Å². The molecule has 3 rings (SSSR count). The molecule has 0 aromatic heterocycles. The van der Waals surface area contributed by atoms with Crippen LogP contribution in [0.5, 0.6) is 0 Å². The van der Waals surface area contributed by atoms with Gasteiger partial charge in [0.15, 0.2) is 0 Å². The monoisotopic (exact) mass is 212 g/mol. The Balaban J connectivity index is 1.92. The molecule has 0 amide bonds. The molecule has 0 spiro atoms. The Labute approximate surface area is 96.1 Å². The molecule has 2 aliphatic carbocycles. The van der Waals surface area contributed by atoms with Crippen molar-refractivity contribution >= 4 is 0 Å². The Hall–Kier alpha value is -1.34. The summed E-state index contributed by atoms with van der Waals surface area (Å²) in [5.41, 5.74) is 3.21. The van der Waals surface area contributed by atoms with Crippen molar-refractivity contribution in [2.45, 2.75) is 31.3 Å². The highest BCUT2D eigenvalue weighted by Gasteiger charge is 2.37. The number of rotatable bonds is 1. The second-order valence-corrected chi connectivity index (χ2v) is 4.82. The highest BCUT2D eigenvalue weighted by Crippen LogP contribution is 2.45. The summed E-state index contributed by atoms with van der Waals surface area (Å²) >= 11 is 0. The van der Waals surface area contributed by atoms with Crippen LogP contribution in [-0.4, -0.2) is 5.11 Å². The van der Waals surface area contributed by atoms with Crippen molar-refractivity contribution in [3.8, 4) is 0 Å². The molecule has 0 fully saturated rings. The van der Waals surface area contributed by atoms with Crippen molar-refractivity contribution in [2.24, 2.45) is 0 Å². The molecule has 0 heterocycles. The minimum atomic E-state index is -0.652. The third-order valence-electron chi connectivity index (χ3n) is 3.69.